The third-order valence-corrected chi connectivity index (χ3v) is 7.33. The number of ether oxygens (including phenoxy) is 1. The summed E-state index contributed by atoms with van der Waals surface area (Å²) in [5.41, 5.74) is 1.67. The first-order valence-corrected chi connectivity index (χ1v) is 11.9. The van der Waals surface area contributed by atoms with Gasteiger partial charge < -0.3 is 14.6 Å². The van der Waals surface area contributed by atoms with E-state index in [0.29, 0.717) is 18.1 Å². The van der Waals surface area contributed by atoms with E-state index in [4.69, 9.17) is 4.74 Å². The number of carbonyl (C=O) groups excluding carboxylic acids is 1. The number of nitrogens with zero attached hydrogens (tertiary/aromatic N) is 2. The number of methoxy groups -OCH3 is 1. The predicted molar refractivity (Wildman–Crippen MR) is 107 cm³/mol. The Kier molecular flexibility index (Phi) is 6.31. The van der Waals surface area contributed by atoms with E-state index in [0.717, 1.165) is 29.6 Å². The first-order valence-electron chi connectivity index (χ1n) is 9.08. The molecule has 0 bridgehead atoms. The molecule has 0 saturated carbocycles. The molecule has 0 spiro atoms. The number of unbranched alkanes of at least 4 members (excludes halogenated alkanes) is 1. The molecule has 1 unspecified atom stereocenters. The number of benzene rings is 1. The molecule has 9 heteroatoms. The lowest BCUT2D eigenvalue weighted by Crippen LogP contribution is -2.42. The third-order valence-electron chi connectivity index (χ3n) is 4.72. The summed E-state index contributed by atoms with van der Waals surface area (Å²) < 4.78 is 28.8. The van der Waals surface area contributed by atoms with Crippen LogP contribution in [0.1, 0.15) is 26.2 Å². The highest BCUT2D eigenvalue weighted by Gasteiger charge is 2.34. The van der Waals surface area contributed by atoms with Gasteiger partial charge in [0.25, 0.3) is 0 Å². The molecule has 1 aromatic heterocycles. The average molecular weight is 412 g/mol. The van der Waals surface area contributed by atoms with Gasteiger partial charge in [0.15, 0.2) is 15.0 Å². The van der Waals surface area contributed by atoms with Gasteiger partial charge >= 0.3 is 0 Å². The summed E-state index contributed by atoms with van der Waals surface area (Å²) >= 11 is 1.34. The van der Waals surface area contributed by atoms with E-state index in [1.165, 1.54) is 11.8 Å². The van der Waals surface area contributed by atoms with E-state index in [9.17, 15) is 13.2 Å². The van der Waals surface area contributed by atoms with Crippen LogP contribution in [0.2, 0.25) is 0 Å². The normalized spacial score (nSPS) is 18.7. The van der Waals surface area contributed by atoms with Crippen molar-refractivity contribution in [2.45, 2.75) is 37.4 Å². The SMILES string of the molecule is CCCCN(C(=O)CSc1nc2ccc(OC)cc2[nH]1)C1CCS(=O)(=O)C1. The highest BCUT2D eigenvalue weighted by atomic mass is 32.2. The molecule has 1 aliphatic heterocycles. The Hall–Kier alpha value is -1.74. The van der Waals surface area contributed by atoms with Crippen LogP contribution in [-0.2, 0) is 14.6 Å². The van der Waals surface area contributed by atoms with Crippen molar-refractivity contribution in [1.82, 2.24) is 14.9 Å². The molecule has 0 aliphatic carbocycles. The molecule has 2 heterocycles. The molecule has 1 fully saturated rings. The van der Waals surface area contributed by atoms with Gasteiger partial charge in [0.2, 0.25) is 5.91 Å². The maximum atomic E-state index is 12.8. The number of hydrogen-bond donors (Lipinski definition) is 1. The van der Waals surface area contributed by atoms with E-state index < -0.39 is 9.84 Å². The molecular weight excluding hydrogens is 386 g/mol. The Morgan fingerprint density at radius 2 is 2.26 bits per heavy atom. The molecule has 1 aromatic carbocycles. The van der Waals surface area contributed by atoms with Crippen molar-refractivity contribution in [2.75, 3.05) is 30.9 Å². The summed E-state index contributed by atoms with van der Waals surface area (Å²) in [6, 6.07) is 5.38. The van der Waals surface area contributed by atoms with Crippen LogP contribution in [0.15, 0.2) is 23.4 Å². The van der Waals surface area contributed by atoms with E-state index in [-0.39, 0.29) is 29.2 Å². The van der Waals surface area contributed by atoms with Gasteiger partial charge in [0.05, 0.1) is 35.4 Å². The fourth-order valence-electron chi connectivity index (χ4n) is 3.23. The number of carbonyl (C=O) groups is 1. The molecule has 27 heavy (non-hydrogen) atoms. The number of hydrogen-bond acceptors (Lipinski definition) is 6. The lowest BCUT2D eigenvalue weighted by Gasteiger charge is -2.28. The number of aromatic nitrogens is 2. The second kappa shape index (κ2) is 8.52. The van der Waals surface area contributed by atoms with E-state index >= 15 is 0 Å². The molecule has 1 saturated heterocycles. The molecule has 1 N–H and O–H groups in total. The van der Waals surface area contributed by atoms with Gasteiger partial charge in [-0.15, -0.1) is 0 Å². The highest BCUT2D eigenvalue weighted by molar-refractivity contribution is 7.99. The summed E-state index contributed by atoms with van der Waals surface area (Å²) in [6.45, 7) is 2.67. The number of H-pyrrole nitrogens is 1. The Morgan fingerprint density at radius 1 is 1.44 bits per heavy atom. The zero-order valence-electron chi connectivity index (χ0n) is 15.6. The zero-order valence-corrected chi connectivity index (χ0v) is 17.2. The molecule has 0 radical (unpaired) electrons. The van der Waals surface area contributed by atoms with Crippen LogP contribution in [0.25, 0.3) is 11.0 Å². The number of amides is 1. The molecule has 1 aliphatic rings. The maximum absolute atomic E-state index is 12.8. The minimum absolute atomic E-state index is 0.0337. The number of fused-ring (bicyclic) bond motifs is 1. The number of aromatic amines is 1. The summed E-state index contributed by atoms with van der Waals surface area (Å²) in [5, 5.41) is 0.668. The second-order valence-corrected chi connectivity index (χ2v) is 9.90. The van der Waals surface area contributed by atoms with Crippen molar-refractivity contribution in [3.05, 3.63) is 18.2 Å². The molecule has 1 amide bonds. The van der Waals surface area contributed by atoms with Crippen LogP contribution < -0.4 is 4.74 Å². The molecule has 3 rings (SSSR count). The lowest BCUT2D eigenvalue weighted by atomic mass is 10.2. The average Bonchev–Trinajstić information content (AvgIpc) is 3.22. The predicted octanol–water partition coefficient (Wildman–Crippen LogP) is 2.48. The lowest BCUT2D eigenvalue weighted by molar-refractivity contribution is -0.130. The number of rotatable bonds is 8. The monoisotopic (exact) mass is 411 g/mol. The second-order valence-electron chi connectivity index (χ2n) is 6.71. The number of thioether (sulfide) groups is 1. The maximum Gasteiger partial charge on any atom is 0.233 e. The Bertz CT molecular complexity index is 910. The quantitative estimate of drug-likeness (QED) is 0.671. The van der Waals surface area contributed by atoms with Crippen molar-refractivity contribution in [3.63, 3.8) is 0 Å². The van der Waals surface area contributed by atoms with Crippen LogP contribution >= 0.6 is 11.8 Å². The Balaban J connectivity index is 1.66. The van der Waals surface area contributed by atoms with Crippen LogP contribution in [0, 0.1) is 0 Å². The molecule has 2 aromatic rings. The van der Waals surface area contributed by atoms with Crippen molar-refractivity contribution in [1.29, 1.82) is 0 Å². The summed E-state index contributed by atoms with van der Waals surface area (Å²) in [5.74, 6) is 1.20. The van der Waals surface area contributed by atoms with Crippen LogP contribution in [0.5, 0.6) is 5.75 Å². The minimum atomic E-state index is -3.02. The van der Waals surface area contributed by atoms with Gasteiger partial charge in [-0.25, -0.2) is 13.4 Å². The zero-order chi connectivity index (χ0) is 19.4. The summed E-state index contributed by atoms with van der Waals surface area (Å²) in [6.07, 6.45) is 2.37. The number of imidazole rings is 1. The van der Waals surface area contributed by atoms with Crippen LogP contribution in [-0.4, -0.2) is 66.1 Å². The van der Waals surface area contributed by atoms with Gasteiger partial charge in [-0.05, 0) is 25.0 Å². The van der Waals surface area contributed by atoms with Gasteiger partial charge in [-0.1, -0.05) is 25.1 Å². The smallest absolute Gasteiger partial charge is 0.233 e. The van der Waals surface area contributed by atoms with Gasteiger partial charge in [0.1, 0.15) is 5.75 Å². The van der Waals surface area contributed by atoms with Crippen molar-refractivity contribution in [3.8, 4) is 5.75 Å². The third kappa shape index (κ3) is 4.95. The first kappa shape index (κ1) is 20.0. The molecule has 1 atom stereocenters. The fourth-order valence-corrected chi connectivity index (χ4v) is 5.74. The van der Waals surface area contributed by atoms with E-state index in [1.807, 2.05) is 18.2 Å². The van der Waals surface area contributed by atoms with Crippen LogP contribution in [0.3, 0.4) is 0 Å². The van der Waals surface area contributed by atoms with Crippen molar-refractivity contribution < 1.29 is 17.9 Å². The Morgan fingerprint density at radius 3 is 2.93 bits per heavy atom. The topological polar surface area (TPSA) is 92.4 Å². The Labute approximate surface area is 163 Å². The standard InChI is InChI=1S/C18H25N3O4S2/c1-3-4-8-21(13-7-9-27(23,24)12-13)17(22)11-26-18-19-15-6-5-14(25-2)10-16(15)20-18/h5-6,10,13H,3-4,7-9,11-12H2,1-2H3,(H,19,20). The minimum Gasteiger partial charge on any atom is -0.497 e. The fraction of sp³-hybridized carbons (Fsp3) is 0.556. The largest absolute Gasteiger partial charge is 0.497 e. The molecular formula is C18H25N3O4S2. The van der Waals surface area contributed by atoms with Gasteiger partial charge in [-0.3, -0.25) is 4.79 Å². The van der Waals surface area contributed by atoms with Gasteiger partial charge in [0, 0.05) is 18.7 Å². The van der Waals surface area contributed by atoms with Crippen LogP contribution in [0.4, 0.5) is 0 Å². The van der Waals surface area contributed by atoms with E-state index in [2.05, 4.69) is 16.9 Å². The highest BCUT2D eigenvalue weighted by Crippen LogP contribution is 2.25. The first-order chi connectivity index (χ1) is 12.9. The van der Waals surface area contributed by atoms with Gasteiger partial charge in [-0.2, -0.15) is 0 Å². The summed E-state index contributed by atoms with van der Waals surface area (Å²) in [4.78, 5) is 22.2. The van der Waals surface area contributed by atoms with E-state index in [1.54, 1.807) is 12.0 Å². The number of sulfone groups is 1. The number of nitrogens with one attached hydrogen (secondary N) is 1. The molecule has 7 nitrogen and oxygen atoms in total. The van der Waals surface area contributed by atoms with Crippen molar-refractivity contribution in [2.24, 2.45) is 0 Å². The molecule has 148 valence electrons. The summed E-state index contributed by atoms with van der Waals surface area (Å²) in [7, 11) is -1.41. The van der Waals surface area contributed by atoms with Crippen molar-refractivity contribution >= 4 is 38.5 Å².